The Morgan fingerprint density at radius 2 is 2.09 bits per heavy atom. The van der Waals surface area contributed by atoms with Crippen LogP contribution in [0.15, 0.2) is 47.1 Å². The molecule has 5 nitrogen and oxygen atoms in total. The van der Waals surface area contributed by atoms with E-state index in [1.165, 1.54) is 5.56 Å². The van der Waals surface area contributed by atoms with E-state index in [9.17, 15) is 0 Å². The standard InChI is InChI=1S/C17H16N4O/c1-12-5-8-19-16(10-12)21-9-6-13-15(11-21)22-17(20-13)14-4-2-3-7-18-14/h2-5,7-8,10H,6,9,11H2,1H3. The summed E-state index contributed by atoms with van der Waals surface area (Å²) < 4.78 is 5.93. The smallest absolute Gasteiger partial charge is 0.245 e. The maximum atomic E-state index is 5.93. The highest BCUT2D eigenvalue weighted by Gasteiger charge is 2.23. The van der Waals surface area contributed by atoms with Gasteiger partial charge in [0.25, 0.3) is 0 Å². The number of pyridine rings is 2. The highest BCUT2D eigenvalue weighted by molar-refractivity contribution is 5.49. The molecule has 0 unspecified atom stereocenters. The van der Waals surface area contributed by atoms with Crippen molar-refractivity contribution in [2.45, 2.75) is 19.9 Å². The zero-order chi connectivity index (χ0) is 14.9. The van der Waals surface area contributed by atoms with Crippen LogP contribution in [0, 0.1) is 6.92 Å². The molecule has 22 heavy (non-hydrogen) atoms. The first-order chi connectivity index (χ1) is 10.8. The molecule has 0 saturated heterocycles. The van der Waals surface area contributed by atoms with E-state index in [0.29, 0.717) is 12.4 Å². The van der Waals surface area contributed by atoms with Crippen LogP contribution in [0.5, 0.6) is 0 Å². The Kier molecular flexibility index (Phi) is 3.11. The minimum atomic E-state index is 0.602. The fourth-order valence-electron chi connectivity index (χ4n) is 2.68. The van der Waals surface area contributed by atoms with E-state index >= 15 is 0 Å². The third kappa shape index (κ3) is 2.35. The zero-order valence-electron chi connectivity index (χ0n) is 12.4. The molecule has 3 aromatic rings. The van der Waals surface area contributed by atoms with Gasteiger partial charge in [0, 0.05) is 25.4 Å². The third-order valence-corrected chi connectivity index (χ3v) is 3.84. The Labute approximate surface area is 128 Å². The predicted octanol–water partition coefficient (Wildman–Crippen LogP) is 3.00. The van der Waals surface area contributed by atoms with Gasteiger partial charge in [-0.25, -0.2) is 9.97 Å². The molecule has 0 amide bonds. The summed E-state index contributed by atoms with van der Waals surface area (Å²) in [7, 11) is 0. The molecule has 1 aliphatic rings. The second kappa shape index (κ2) is 5.26. The maximum Gasteiger partial charge on any atom is 0.245 e. The maximum absolute atomic E-state index is 5.93. The Morgan fingerprint density at radius 3 is 2.91 bits per heavy atom. The van der Waals surface area contributed by atoms with Crippen LogP contribution in [0.4, 0.5) is 5.82 Å². The molecule has 3 aromatic heterocycles. The molecule has 0 bridgehead atoms. The van der Waals surface area contributed by atoms with E-state index in [-0.39, 0.29) is 0 Å². The van der Waals surface area contributed by atoms with Crippen LogP contribution in [0.2, 0.25) is 0 Å². The molecule has 1 aliphatic heterocycles. The lowest BCUT2D eigenvalue weighted by atomic mass is 10.1. The van der Waals surface area contributed by atoms with Crippen molar-refractivity contribution in [1.82, 2.24) is 15.0 Å². The van der Waals surface area contributed by atoms with Crippen molar-refractivity contribution in [3.05, 3.63) is 59.7 Å². The van der Waals surface area contributed by atoms with Crippen LogP contribution in [0.3, 0.4) is 0 Å². The van der Waals surface area contributed by atoms with Gasteiger partial charge in [-0.05, 0) is 36.8 Å². The van der Waals surface area contributed by atoms with Crippen LogP contribution in [-0.4, -0.2) is 21.5 Å². The van der Waals surface area contributed by atoms with Crippen molar-refractivity contribution in [1.29, 1.82) is 0 Å². The first-order valence-electron chi connectivity index (χ1n) is 7.37. The lowest BCUT2D eigenvalue weighted by Gasteiger charge is -2.26. The predicted molar refractivity (Wildman–Crippen MR) is 83.5 cm³/mol. The molecule has 0 radical (unpaired) electrons. The number of hydrogen-bond acceptors (Lipinski definition) is 5. The van der Waals surface area contributed by atoms with Crippen molar-refractivity contribution < 1.29 is 4.42 Å². The first-order valence-corrected chi connectivity index (χ1v) is 7.37. The van der Waals surface area contributed by atoms with E-state index in [1.807, 2.05) is 30.5 Å². The minimum absolute atomic E-state index is 0.602. The second-order valence-corrected chi connectivity index (χ2v) is 5.47. The van der Waals surface area contributed by atoms with Crippen molar-refractivity contribution >= 4 is 5.82 Å². The Balaban J connectivity index is 1.63. The minimum Gasteiger partial charge on any atom is -0.438 e. The van der Waals surface area contributed by atoms with Crippen LogP contribution in [0.25, 0.3) is 11.6 Å². The number of hydrogen-bond donors (Lipinski definition) is 0. The molecule has 4 heterocycles. The summed E-state index contributed by atoms with van der Waals surface area (Å²) >= 11 is 0. The van der Waals surface area contributed by atoms with E-state index in [4.69, 9.17) is 4.42 Å². The average molecular weight is 292 g/mol. The quantitative estimate of drug-likeness (QED) is 0.726. The largest absolute Gasteiger partial charge is 0.438 e. The van der Waals surface area contributed by atoms with Crippen LogP contribution in [-0.2, 0) is 13.0 Å². The van der Waals surface area contributed by atoms with Gasteiger partial charge >= 0.3 is 0 Å². The summed E-state index contributed by atoms with van der Waals surface area (Å²) in [5.41, 5.74) is 3.02. The van der Waals surface area contributed by atoms with Crippen molar-refractivity contribution in [3.63, 3.8) is 0 Å². The van der Waals surface area contributed by atoms with Crippen LogP contribution < -0.4 is 4.90 Å². The fraction of sp³-hybridized carbons (Fsp3) is 0.235. The molecule has 0 saturated carbocycles. The number of nitrogens with zero attached hydrogens (tertiary/aromatic N) is 4. The molecule has 0 aliphatic carbocycles. The number of oxazole rings is 1. The molecular formula is C17H16N4O. The van der Waals surface area contributed by atoms with Gasteiger partial charge in [-0.2, -0.15) is 0 Å². The summed E-state index contributed by atoms with van der Waals surface area (Å²) in [5.74, 6) is 2.50. The molecule has 0 spiro atoms. The molecule has 5 heteroatoms. The second-order valence-electron chi connectivity index (χ2n) is 5.47. The first kappa shape index (κ1) is 13.0. The molecule has 0 N–H and O–H groups in total. The summed E-state index contributed by atoms with van der Waals surface area (Å²) in [6.07, 6.45) is 4.46. The van der Waals surface area contributed by atoms with Crippen LogP contribution >= 0.6 is 0 Å². The number of aryl methyl sites for hydroxylation is 1. The number of aromatic nitrogens is 3. The highest BCUT2D eigenvalue weighted by atomic mass is 16.4. The van der Waals surface area contributed by atoms with E-state index in [0.717, 1.165) is 35.9 Å². The Hall–Kier alpha value is -2.69. The SMILES string of the molecule is Cc1ccnc(N2CCc3nc(-c4ccccn4)oc3C2)c1. The van der Waals surface area contributed by atoms with Gasteiger partial charge in [-0.3, -0.25) is 4.98 Å². The lowest BCUT2D eigenvalue weighted by Crippen LogP contribution is -2.30. The molecule has 4 rings (SSSR count). The van der Waals surface area contributed by atoms with Gasteiger partial charge in [-0.1, -0.05) is 6.07 Å². The Bertz CT molecular complexity index is 797. The fourth-order valence-corrected chi connectivity index (χ4v) is 2.68. The monoisotopic (exact) mass is 292 g/mol. The topological polar surface area (TPSA) is 55.1 Å². The van der Waals surface area contributed by atoms with Gasteiger partial charge in [0.15, 0.2) is 0 Å². The summed E-state index contributed by atoms with van der Waals surface area (Å²) in [6, 6.07) is 9.84. The normalized spacial score (nSPS) is 14.0. The van der Waals surface area contributed by atoms with Gasteiger partial charge in [0.1, 0.15) is 17.3 Å². The highest BCUT2D eigenvalue weighted by Crippen LogP contribution is 2.27. The van der Waals surface area contributed by atoms with Gasteiger partial charge in [-0.15, -0.1) is 0 Å². The summed E-state index contributed by atoms with van der Waals surface area (Å²) in [5, 5.41) is 0. The molecule has 0 aromatic carbocycles. The van der Waals surface area contributed by atoms with Crippen LogP contribution in [0.1, 0.15) is 17.0 Å². The van der Waals surface area contributed by atoms with Crippen molar-refractivity contribution in [2.75, 3.05) is 11.4 Å². The van der Waals surface area contributed by atoms with Crippen molar-refractivity contribution in [3.8, 4) is 11.6 Å². The van der Waals surface area contributed by atoms with E-state index < -0.39 is 0 Å². The molecule has 0 fully saturated rings. The van der Waals surface area contributed by atoms with E-state index in [2.05, 4.69) is 32.8 Å². The van der Waals surface area contributed by atoms with Gasteiger partial charge in [0.05, 0.1) is 12.2 Å². The molecular weight excluding hydrogens is 276 g/mol. The summed E-state index contributed by atoms with van der Waals surface area (Å²) in [4.78, 5) is 15.6. The summed E-state index contributed by atoms with van der Waals surface area (Å²) in [6.45, 7) is 3.68. The molecule has 110 valence electrons. The van der Waals surface area contributed by atoms with E-state index in [1.54, 1.807) is 6.20 Å². The van der Waals surface area contributed by atoms with Gasteiger partial charge in [0.2, 0.25) is 5.89 Å². The number of anilines is 1. The average Bonchev–Trinajstić information content (AvgIpc) is 2.99. The third-order valence-electron chi connectivity index (χ3n) is 3.84. The lowest BCUT2D eigenvalue weighted by molar-refractivity contribution is 0.493. The van der Waals surface area contributed by atoms with Crippen molar-refractivity contribution in [2.24, 2.45) is 0 Å². The number of rotatable bonds is 2. The van der Waals surface area contributed by atoms with Gasteiger partial charge < -0.3 is 9.32 Å². The molecule has 0 atom stereocenters. The zero-order valence-corrected chi connectivity index (χ0v) is 12.4. The Morgan fingerprint density at radius 1 is 1.14 bits per heavy atom. The number of fused-ring (bicyclic) bond motifs is 1.